The van der Waals surface area contributed by atoms with Crippen LogP contribution in [0.1, 0.15) is 36.6 Å². The van der Waals surface area contributed by atoms with Crippen molar-refractivity contribution in [3.8, 4) is 17.2 Å². The minimum absolute atomic E-state index is 0.179. The summed E-state index contributed by atoms with van der Waals surface area (Å²) >= 11 is 18.0. The number of benzene rings is 3. The summed E-state index contributed by atoms with van der Waals surface area (Å²) in [6.45, 7) is 3.79. The molecule has 1 heterocycles. The molecule has 0 aromatic heterocycles. The highest BCUT2D eigenvalue weighted by molar-refractivity contribution is 14.1. The van der Waals surface area contributed by atoms with Crippen LogP contribution in [0.15, 0.2) is 69.4 Å². The monoisotopic (exact) mass is 846 g/mol. The first-order valence-corrected chi connectivity index (χ1v) is 16.4. The third kappa shape index (κ3) is 9.18. The molecule has 2 amide bonds. The van der Waals surface area contributed by atoms with E-state index in [1.165, 1.54) is 13.3 Å². The lowest BCUT2D eigenvalue weighted by Gasteiger charge is -2.28. The van der Waals surface area contributed by atoms with Gasteiger partial charge in [0.05, 0.1) is 35.1 Å². The van der Waals surface area contributed by atoms with Crippen molar-refractivity contribution in [1.29, 1.82) is 0 Å². The van der Waals surface area contributed by atoms with E-state index in [1.54, 1.807) is 43.3 Å². The Morgan fingerprint density at radius 2 is 1.93 bits per heavy atom. The van der Waals surface area contributed by atoms with Crippen LogP contribution in [0, 0.1) is 3.57 Å². The minimum atomic E-state index is -1.19. The van der Waals surface area contributed by atoms with Gasteiger partial charge in [0.25, 0.3) is 0 Å². The summed E-state index contributed by atoms with van der Waals surface area (Å²) in [5.41, 5.74) is 5.29. The van der Waals surface area contributed by atoms with E-state index in [-0.39, 0.29) is 18.8 Å². The quantitative estimate of drug-likeness (QED) is 0.0506. The number of hydrazone groups is 1. The van der Waals surface area contributed by atoms with Gasteiger partial charge in [-0.1, -0.05) is 51.3 Å². The summed E-state index contributed by atoms with van der Waals surface area (Å²) in [4.78, 5) is 24.7. The molecule has 1 aliphatic rings. The van der Waals surface area contributed by atoms with Gasteiger partial charge in [-0.2, -0.15) is 5.10 Å². The normalized spacial score (nSPS) is 15.2. The second kappa shape index (κ2) is 16.5. The molecule has 4 N–H and O–H groups in total. The van der Waals surface area contributed by atoms with Gasteiger partial charge in [-0.05, 0) is 78.4 Å². The molecule has 11 nitrogen and oxygen atoms in total. The fourth-order valence-electron chi connectivity index (χ4n) is 4.43. The number of halogens is 4. The number of aliphatic hydroxyl groups excluding tert-OH is 1. The number of ether oxygens (including phenoxy) is 4. The molecule has 3 aromatic rings. The average Bonchev–Trinajstić information content (AvgIpc) is 3.00. The number of aliphatic hydroxyl groups is 1. The molecule has 0 saturated heterocycles. The van der Waals surface area contributed by atoms with Crippen LogP contribution in [0.2, 0.25) is 10.0 Å². The second-order valence-corrected chi connectivity index (χ2v) is 12.7. The van der Waals surface area contributed by atoms with Gasteiger partial charge in [-0.25, -0.2) is 9.59 Å². The third-order valence-electron chi connectivity index (χ3n) is 6.52. The number of hydrogen-bond donors (Lipinski definition) is 4. The number of nitrogens with zero attached hydrogens (tertiary/aromatic N) is 1. The van der Waals surface area contributed by atoms with Gasteiger partial charge in [0.15, 0.2) is 17.7 Å². The van der Waals surface area contributed by atoms with E-state index in [2.05, 4.69) is 59.7 Å². The summed E-state index contributed by atoms with van der Waals surface area (Å²) in [6.07, 6.45) is 0.339. The molecule has 244 valence electrons. The number of carbonyl (C=O) groups excluding carboxylic acids is 2. The lowest BCUT2D eigenvalue weighted by Crippen LogP contribution is -2.45. The SMILES string of the molecule is CCOc1cc([C@H]2NC(=O)NC(C)=C2C(=O)OC)ccc1OC[C@@H](O)N/N=C/c1cc(Br)cc(I)c1OCc1ccc(Cl)cc1Cl. The van der Waals surface area contributed by atoms with Crippen LogP contribution in [-0.4, -0.2) is 49.9 Å². The molecule has 0 bridgehead atoms. The largest absolute Gasteiger partial charge is 0.490 e. The number of hydrogen-bond acceptors (Lipinski definition) is 9. The lowest BCUT2D eigenvalue weighted by atomic mass is 9.95. The van der Waals surface area contributed by atoms with Crippen molar-refractivity contribution < 1.29 is 33.6 Å². The maximum Gasteiger partial charge on any atom is 0.337 e. The molecular formula is C31H30BrCl2IN4O7. The van der Waals surface area contributed by atoms with Crippen LogP contribution >= 0.6 is 61.7 Å². The van der Waals surface area contributed by atoms with E-state index in [1.807, 2.05) is 19.1 Å². The van der Waals surface area contributed by atoms with Gasteiger partial charge < -0.3 is 34.7 Å². The Morgan fingerprint density at radius 1 is 1.15 bits per heavy atom. The van der Waals surface area contributed by atoms with Crippen molar-refractivity contribution >= 4 is 79.9 Å². The van der Waals surface area contributed by atoms with E-state index in [0.29, 0.717) is 50.7 Å². The zero-order valence-electron chi connectivity index (χ0n) is 24.8. The van der Waals surface area contributed by atoms with Crippen molar-refractivity contribution in [2.75, 3.05) is 20.3 Å². The van der Waals surface area contributed by atoms with E-state index in [4.69, 9.17) is 42.1 Å². The van der Waals surface area contributed by atoms with E-state index in [9.17, 15) is 14.7 Å². The molecule has 0 fully saturated rings. The summed E-state index contributed by atoms with van der Waals surface area (Å²) in [5.74, 6) is 0.703. The summed E-state index contributed by atoms with van der Waals surface area (Å²) in [5, 5.41) is 21.1. The van der Waals surface area contributed by atoms with Gasteiger partial charge in [0.1, 0.15) is 19.0 Å². The molecule has 15 heteroatoms. The third-order valence-corrected chi connectivity index (χ3v) is 8.37. The van der Waals surface area contributed by atoms with Crippen LogP contribution in [-0.2, 0) is 16.1 Å². The summed E-state index contributed by atoms with van der Waals surface area (Å²) in [7, 11) is 1.27. The maximum atomic E-state index is 12.5. The number of amides is 2. The number of esters is 1. The first-order chi connectivity index (χ1) is 22.0. The standard InChI is InChI=1S/C31H30BrCl2IN4O7/c1-4-44-25-10-17(28-27(30(41)43-3)16(2)37-31(42)38-28)6-8-24(25)45-15-26(40)39-36-13-19-9-20(32)11-23(35)29(19)46-14-18-5-7-21(33)12-22(18)34/h5-13,26,28,39-40H,4,14-15H2,1-3H3,(H2,37,38,42)/b36-13+/t26-,28-/m1/s1. The Hall–Kier alpha value is -3.24. The van der Waals surface area contributed by atoms with Gasteiger partial charge >= 0.3 is 12.0 Å². The van der Waals surface area contributed by atoms with E-state index >= 15 is 0 Å². The van der Waals surface area contributed by atoms with Gasteiger partial charge in [-0.3, -0.25) is 5.43 Å². The average molecular weight is 848 g/mol. The predicted octanol–water partition coefficient (Wildman–Crippen LogP) is 6.46. The van der Waals surface area contributed by atoms with Crippen molar-refractivity contribution in [2.45, 2.75) is 32.7 Å². The zero-order valence-corrected chi connectivity index (χ0v) is 30.1. The summed E-state index contributed by atoms with van der Waals surface area (Å²) < 4.78 is 24.3. The first kappa shape index (κ1) is 35.6. The van der Waals surface area contributed by atoms with Crippen LogP contribution < -0.4 is 30.3 Å². The number of nitrogens with one attached hydrogen (secondary N) is 3. The lowest BCUT2D eigenvalue weighted by molar-refractivity contribution is -0.136. The van der Waals surface area contributed by atoms with Crippen molar-refractivity contribution in [1.82, 2.24) is 16.1 Å². The van der Waals surface area contributed by atoms with Gasteiger partial charge in [-0.15, -0.1) is 0 Å². The highest BCUT2D eigenvalue weighted by Crippen LogP contribution is 2.35. The number of urea groups is 1. The van der Waals surface area contributed by atoms with E-state index in [0.717, 1.165) is 13.6 Å². The van der Waals surface area contributed by atoms with Crippen molar-refractivity contribution in [3.63, 3.8) is 0 Å². The zero-order chi connectivity index (χ0) is 33.4. The molecule has 0 radical (unpaired) electrons. The van der Waals surface area contributed by atoms with Crippen molar-refractivity contribution in [3.05, 3.63) is 94.6 Å². The molecular weight excluding hydrogens is 818 g/mol. The molecule has 0 spiro atoms. The Kier molecular flexibility index (Phi) is 12.8. The Bertz CT molecular complexity index is 1670. The van der Waals surface area contributed by atoms with Crippen LogP contribution in [0.25, 0.3) is 0 Å². The first-order valence-electron chi connectivity index (χ1n) is 13.8. The van der Waals surface area contributed by atoms with Crippen LogP contribution in [0.5, 0.6) is 17.2 Å². The van der Waals surface area contributed by atoms with Crippen LogP contribution in [0.4, 0.5) is 4.79 Å². The summed E-state index contributed by atoms with van der Waals surface area (Å²) in [6, 6.07) is 12.7. The van der Waals surface area contributed by atoms with Crippen molar-refractivity contribution in [2.24, 2.45) is 5.10 Å². The molecule has 46 heavy (non-hydrogen) atoms. The topological polar surface area (TPSA) is 140 Å². The number of rotatable bonds is 13. The highest BCUT2D eigenvalue weighted by atomic mass is 127. The van der Waals surface area contributed by atoms with Gasteiger partial charge in [0, 0.05) is 31.3 Å². The predicted molar refractivity (Wildman–Crippen MR) is 187 cm³/mol. The second-order valence-electron chi connectivity index (χ2n) is 9.75. The minimum Gasteiger partial charge on any atom is -0.490 e. The molecule has 4 rings (SSSR count). The molecule has 1 aliphatic heterocycles. The highest BCUT2D eigenvalue weighted by Gasteiger charge is 2.32. The van der Waals surface area contributed by atoms with Gasteiger partial charge in [0.2, 0.25) is 0 Å². The smallest absolute Gasteiger partial charge is 0.337 e. The number of allylic oxidation sites excluding steroid dienone is 1. The number of methoxy groups -OCH3 is 1. The molecule has 0 unspecified atom stereocenters. The van der Waals surface area contributed by atoms with Crippen LogP contribution in [0.3, 0.4) is 0 Å². The molecule has 0 aliphatic carbocycles. The number of carbonyl (C=O) groups is 2. The fourth-order valence-corrected chi connectivity index (χ4v) is 6.60. The van der Waals surface area contributed by atoms with E-state index < -0.39 is 24.3 Å². The molecule has 3 aromatic carbocycles. The fraction of sp³-hybridized carbons (Fsp3) is 0.258. The Labute approximate surface area is 297 Å². The molecule has 0 saturated carbocycles. The molecule has 2 atom stereocenters. The Balaban J connectivity index is 1.43. The maximum absolute atomic E-state index is 12.5. The Morgan fingerprint density at radius 3 is 2.65 bits per heavy atom.